The zero-order valence-electron chi connectivity index (χ0n) is 14.6. The fourth-order valence-electron chi connectivity index (χ4n) is 3.62. The van der Waals surface area contributed by atoms with Crippen LogP contribution < -0.4 is 11.1 Å². The second-order valence-corrected chi connectivity index (χ2v) is 6.38. The minimum atomic E-state index is -0.562. The highest BCUT2D eigenvalue weighted by atomic mass is 16.1. The molecule has 0 aliphatic heterocycles. The first-order valence-electron chi connectivity index (χ1n) is 8.81. The normalized spacial score (nSPS) is 12.3. The summed E-state index contributed by atoms with van der Waals surface area (Å²) < 4.78 is 2.30. The molecule has 3 N–H and O–H groups in total. The molecule has 0 saturated heterocycles. The van der Waals surface area contributed by atoms with Gasteiger partial charge in [0.2, 0.25) is 5.91 Å². The van der Waals surface area contributed by atoms with E-state index in [4.69, 9.17) is 5.73 Å². The molecule has 3 aromatic carbocycles. The number of para-hydroxylation sites is 1. The highest BCUT2D eigenvalue weighted by Gasteiger charge is 2.18. The van der Waals surface area contributed by atoms with E-state index in [1.807, 2.05) is 36.4 Å². The van der Waals surface area contributed by atoms with E-state index < -0.39 is 11.9 Å². The number of primary amides is 1. The summed E-state index contributed by atoms with van der Waals surface area (Å²) in [4.78, 5) is 12.0. The summed E-state index contributed by atoms with van der Waals surface area (Å²) >= 11 is 0. The number of carbonyl (C=O) groups is 1. The largest absolute Gasteiger partial charge is 0.370 e. The third kappa shape index (κ3) is 2.69. The zero-order valence-corrected chi connectivity index (χ0v) is 14.6. The Morgan fingerprint density at radius 3 is 2.38 bits per heavy atom. The molecule has 4 aromatic rings. The van der Waals surface area contributed by atoms with Crippen LogP contribution in [0.15, 0.2) is 72.8 Å². The lowest BCUT2D eigenvalue weighted by atomic mass is 10.1. The number of benzene rings is 3. The quantitative estimate of drug-likeness (QED) is 0.562. The minimum Gasteiger partial charge on any atom is -0.370 e. The maximum Gasteiger partial charge on any atom is 0.244 e. The minimum absolute atomic E-state index is 0.396. The van der Waals surface area contributed by atoms with E-state index in [1.165, 1.54) is 21.8 Å². The van der Waals surface area contributed by atoms with Crippen molar-refractivity contribution in [2.24, 2.45) is 5.73 Å². The van der Waals surface area contributed by atoms with E-state index in [9.17, 15) is 4.79 Å². The molecule has 1 unspecified atom stereocenters. The molecule has 1 heterocycles. The molecule has 4 rings (SSSR count). The number of anilines is 1. The Morgan fingerprint density at radius 2 is 1.65 bits per heavy atom. The third-order valence-corrected chi connectivity index (χ3v) is 4.82. The highest BCUT2D eigenvalue weighted by Crippen LogP contribution is 2.32. The van der Waals surface area contributed by atoms with Gasteiger partial charge >= 0.3 is 0 Å². The van der Waals surface area contributed by atoms with Crippen LogP contribution in [0.5, 0.6) is 0 Å². The maximum absolute atomic E-state index is 12.0. The first kappa shape index (κ1) is 16.2. The summed E-state index contributed by atoms with van der Waals surface area (Å²) in [5.74, 6) is -0.396. The lowest BCUT2D eigenvalue weighted by molar-refractivity contribution is -0.118. The number of carbonyl (C=O) groups excluding carboxylic acids is 1. The standard InChI is InChI=1S/C22H21N3O/c1-2-25-19-11-7-6-10-17(19)18-14-16(12-13-20(18)25)24-21(22(23)26)15-8-4-3-5-9-15/h3-14,21,24H,2H2,1H3,(H2,23,26). The van der Waals surface area contributed by atoms with Crippen molar-refractivity contribution in [2.45, 2.75) is 19.5 Å². The molecule has 4 heteroatoms. The fourth-order valence-corrected chi connectivity index (χ4v) is 3.62. The van der Waals surface area contributed by atoms with Gasteiger partial charge in [-0.1, -0.05) is 48.5 Å². The molecule has 0 bridgehead atoms. The number of rotatable bonds is 5. The van der Waals surface area contributed by atoms with Gasteiger partial charge in [0.1, 0.15) is 6.04 Å². The van der Waals surface area contributed by atoms with E-state index in [0.717, 1.165) is 17.8 Å². The summed E-state index contributed by atoms with van der Waals surface area (Å²) in [5, 5.41) is 5.68. The Morgan fingerprint density at radius 1 is 0.962 bits per heavy atom. The van der Waals surface area contributed by atoms with Crippen molar-refractivity contribution in [3.63, 3.8) is 0 Å². The van der Waals surface area contributed by atoms with Crippen molar-refractivity contribution >= 4 is 33.4 Å². The van der Waals surface area contributed by atoms with Crippen molar-refractivity contribution in [2.75, 3.05) is 5.32 Å². The second-order valence-electron chi connectivity index (χ2n) is 6.38. The topological polar surface area (TPSA) is 60.1 Å². The number of amides is 1. The van der Waals surface area contributed by atoms with Crippen LogP contribution in [0.3, 0.4) is 0 Å². The first-order valence-corrected chi connectivity index (χ1v) is 8.81. The average Bonchev–Trinajstić information content (AvgIpc) is 2.99. The Kier molecular flexibility index (Phi) is 4.09. The van der Waals surface area contributed by atoms with Crippen molar-refractivity contribution in [1.82, 2.24) is 4.57 Å². The predicted molar refractivity (Wildman–Crippen MR) is 107 cm³/mol. The van der Waals surface area contributed by atoms with Crippen LogP contribution in [-0.2, 0) is 11.3 Å². The van der Waals surface area contributed by atoms with Crippen molar-refractivity contribution in [1.29, 1.82) is 0 Å². The molecule has 1 aromatic heterocycles. The molecular weight excluding hydrogens is 322 g/mol. The van der Waals surface area contributed by atoms with Gasteiger partial charge in [0.15, 0.2) is 0 Å². The number of aromatic nitrogens is 1. The van der Waals surface area contributed by atoms with Crippen LogP contribution in [0.25, 0.3) is 21.8 Å². The van der Waals surface area contributed by atoms with Crippen LogP contribution >= 0.6 is 0 Å². The van der Waals surface area contributed by atoms with Crippen LogP contribution in [0.4, 0.5) is 5.69 Å². The molecule has 0 fully saturated rings. The van der Waals surface area contributed by atoms with Gasteiger partial charge in [-0.05, 0) is 36.8 Å². The lowest BCUT2D eigenvalue weighted by Gasteiger charge is -2.17. The number of aryl methyl sites for hydroxylation is 1. The van der Waals surface area contributed by atoms with E-state index >= 15 is 0 Å². The Balaban J connectivity index is 1.80. The number of fused-ring (bicyclic) bond motifs is 3. The molecule has 1 amide bonds. The fraction of sp³-hybridized carbons (Fsp3) is 0.136. The predicted octanol–water partition coefficient (Wildman–Crippen LogP) is 4.45. The molecular formula is C22H21N3O. The maximum atomic E-state index is 12.0. The number of nitrogens with zero attached hydrogens (tertiary/aromatic N) is 1. The van der Waals surface area contributed by atoms with E-state index in [-0.39, 0.29) is 0 Å². The van der Waals surface area contributed by atoms with E-state index in [1.54, 1.807) is 0 Å². The Labute approximate surface area is 152 Å². The SMILES string of the molecule is CCn1c2ccccc2c2cc(NC(C(N)=O)c3ccccc3)ccc21. The van der Waals surface area contributed by atoms with E-state index in [2.05, 4.69) is 53.2 Å². The molecule has 0 aliphatic rings. The van der Waals surface area contributed by atoms with Gasteiger partial charge in [-0.25, -0.2) is 0 Å². The number of nitrogens with one attached hydrogen (secondary N) is 1. The van der Waals surface area contributed by atoms with Crippen molar-refractivity contribution < 1.29 is 4.79 Å². The van der Waals surface area contributed by atoms with Gasteiger partial charge < -0.3 is 15.6 Å². The van der Waals surface area contributed by atoms with Crippen LogP contribution in [-0.4, -0.2) is 10.5 Å². The van der Waals surface area contributed by atoms with Crippen molar-refractivity contribution in [3.05, 3.63) is 78.4 Å². The summed E-state index contributed by atoms with van der Waals surface area (Å²) in [6.07, 6.45) is 0. The molecule has 130 valence electrons. The number of nitrogens with two attached hydrogens (primary N) is 1. The first-order chi connectivity index (χ1) is 12.7. The summed E-state index contributed by atoms with van der Waals surface area (Å²) in [7, 11) is 0. The molecule has 0 radical (unpaired) electrons. The summed E-state index contributed by atoms with van der Waals surface area (Å²) in [5.41, 5.74) is 9.78. The van der Waals surface area contributed by atoms with Crippen LogP contribution in [0.2, 0.25) is 0 Å². The number of hydrogen-bond acceptors (Lipinski definition) is 2. The molecule has 4 nitrogen and oxygen atoms in total. The smallest absolute Gasteiger partial charge is 0.244 e. The van der Waals surface area contributed by atoms with Crippen LogP contribution in [0, 0.1) is 0 Å². The van der Waals surface area contributed by atoms with E-state index in [0.29, 0.717) is 0 Å². The average molecular weight is 343 g/mol. The Hall–Kier alpha value is -3.27. The van der Waals surface area contributed by atoms with Crippen molar-refractivity contribution in [3.8, 4) is 0 Å². The van der Waals surface area contributed by atoms with Gasteiger partial charge in [-0.2, -0.15) is 0 Å². The molecule has 0 aliphatic carbocycles. The van der Waals surface area contributed by atoms with Gasteiger partial charge in [0.25, 0.3) is 0 Å². The monoisotopic (exact) mass is 343 g/mol. The van der Waals surface area contributed by atoms with Gasteiger partial charge in [0, 0.05) is 34.0 Å². The van der Waals surface area contributed by atoms with Crippen LogP contribution in [0.1, 0.15) is 18.5 Å². The number of hydrogen-bond donors (Lipinski definition) is 2. The molecule has 0 spiro atoms. The van der Waals surface area contributed by atoms with Gasteiger partial charge in [-0.15, -0.1) is 0 Å². The molecule has 26 heavy (non-hydrogen) atoms. The molecule has 0 saturated carbocycles. The second kappa shape index (κ2) is 6.56. The molecule has 1 atom stereocenters. The lowest BCUT2D eigenvalue weighted by Crippen LogP contribution is -2.27. The summed E-state index contributed by atoms with van der Waals surface area (Å²) in [6.45, 7) is 3.06. The highest BCUT2D eigenvalue weighted by molar-refractivity contribution is 6.09. The third-order valence-electron chi connectivity index (χ3n) is 4.82. The Bertz CT molecular complexity index is 1080. The van der Waals surface area contributed by atoms with Gasteiger partial charge in [0.05, 0.1) is 0 Å². The zero-order chi connectivity index (χ0) is 18.1. The van der Waals surface area contributed by atoms with Gasteiger partial charge in [-0.3, -0.25) is 4.79 Å². The summed E-state index contributed by atoms with van der Waals surface area (Å²) in [6, 6.07) is 23.6.